The fourth-order valence-corrected chi connectivity index (χ4v) is 3.16. The van der Waals surface area contributed by atoms with Crippen molar-refractivity contribution in [2.75, 3.05) is 0 Å². The number of carboxylic acids is 1. The van der Waals surface area contributed by atoms with Gasteiger partial charge in [0.05, 0.1) is 5.56 Å². The molecule has 0 heterocycles. The maximum Gasteiger partial charge on any atom is 0.303 e. The fraction of sp³-hybridized carbons (Fsp3) is 0.263. The molecule has 0 aliphatic rings. The number of carbonyl (C=O) groups is 2. The molecule has 0 spiro atoms. The number of halogens is 1. The molecule has 0 aromatic heterocycles. The molecule has 5 heteroatoms. The second-order valence-electron chi connectivity index (χ2n) is 5.78. The zero-order chi connectivity index (χ0) is 17.5. The summed E-state index contributed by atoms with van der Waals surface area (Å²) in [6, 6.07) is 15.0. The Morgan fingerprint density at radius 2 is 1.88 bits per heavy atom. The predicted molar refractivity (Wildman–Crippen MR) is 97.1 cm³/mol. The van der Waals surface area contributed by atoms with Gasteiger partial charge in [-0.1, -0.05) is 36.4 Å². The number of carboxylic acid groups (broad SMARTS) is 1. The van der Waals surface area contributed by atoms with E-state index >= 15 is 0 Å². The fourth-order valence-electron chi connectivity index (χ4n) is 2.49. The molecule has 126 valence electrons. The summed E-state index contributed by atoms with van der Waals surface area (Å²) in [5.41, 5.74) is 2.68. The van der Waals surface area contributed by atoms with Gasteiger partial charge in [0.15, 0.2) is 0 Å². The standard InChI is InChI=1S/C19H20BrNO3/c1-13-7-9-16(17(20)11-13)19(24)21-15(8-10-18(22)23)12-14-5-3-2-4-6-14/h2-7,9,11,15H,8,10,12H2,1H3,(H,21,24)(H,22,23). The van der Waals surface area contributed by atoms with Gasteiger partial charge in [0.2, 0.25) is 0 Å². The summed E-state index contributed by atoms with van der Waals surface area (Å²) in [4.78, 5) is 23.4. The molecule has 2 aromatic rings. The Bertz CT molecular complexity index is 716. The van der Waals surface area contributed by atoms with Gasteiger partial charge in [-0.05, 0) is 59.0 Å². The van der Waals surface area contributed by atoms with E-state index in [1.54, 1.807) is 6.07 Å². The van der Waals surface area contributed by atoms with Crippen LogP contribution in [0.15, 0.2) is 53.0 Å². The quantitative estimate of drug-likeness (QED) is 0.752. The highest BCUT2D eigenvalue weighted by molar-refractivity contribution is 9.10. The third-order valence-corrected chi connectivity index (χ3v) is 4.39. The van der Waals surface area contributed by atoms with E-state index < -0.39 is 5.97 Å². The number of carbonyl (C=O) groups excluding carboxylic acids is 1. The molecule has 2 N–H and O–H groups in total. The summed E-state index contributed by atoms with van der Waals surface area (Å²) in [5, 5.41) is 11.9. The van der Waals surface area contributed by atoms with Crippen LogP contribution < -0.4 is 5.32 Å². The maximum absolute atomic E-state index is 12.5. The largest absolute Gasteiger partial charge is 0.481 e. The first-order chi connectivity index (χ1) is 11.5. The Labute approximate surface area is 150 Å². The molecule has 0 bridgehead atoms. The van der Waals surface area contributed by atoms with Crippen LogP contribution in [-0.2, 0) is 11.2 Å². The summed E-state index contributed by atoms with van der Waals surface area (Å²) in [6.45, 7) is 1.96. The van der Waals surface area contributed by atoms with E-state index in [2.05, 4.69) is 21.2 Å². The number of aryl methyl sites for hydroxylation is 1. The van der Waals surface area contributed by atoms with Crippen molar-refractivity contribution in [1.29, 1.82) is 0 Å². The summed E-state index contributed by atoms with van der Waals surface area (Å²) >= 11 is 3.41. The number of amides is 1. The van der Waals surface area contributed by atoms with Crippen molar-refractivity contribution in [1.82, 2.24) is 5.32 Å². The smallest absolute Gasteiger partial charge is 0.303 e. The van der Waals surface area contributed by atoms with Crippen molar-refractivity contribution >= 4 is 27.8 Å². The Morgan fingerprint density at radius 3 is 2.50 bits per heavy atom. The molecule has 0 fully saturated rings. The molecule has 1 atom stereocenters. The van der Waals surface area contributed by atoms with Gasteiger partial charge in [-0.3, -0.25) is 9.59 Å². The molecule has 0 saturated heterocycles. The molecular weight excluding hydrogens is 370 g/mol. The van der Waals surface area contributed by atoms with Crippen LogP contribution in [0.3, 0.4) is 0 Å². The highest BCUT2D eigenvalue weighted by atomic mass is 79.9. The molecule has 1 unspecified atom stereocenters. The van der Waals surface area contributed by atoms with Crippen molar-refractivity contribution in [3.8, 4) is 0 Å². The lowest BCUT2D eigenvalue weighted by molar-refractivity contribution is -0.137. The van der Waals surface area contributed by atoms with Crippen LogP contribution >= 0.6 is 15.9 Å². The van der Waals surface area contributed by atoms with Crippen molar-refractivity contribution < 1.29 is 14.7 Å². The molecule has 2 aromatic carbocycles. The van der Waals surface area contributed by atoms with Crippen molar-refractivity contribution in [2.45, 2.75) is 32.2 Å². The number of hydrogen-bond acceptors (Lipinski definition) is 2. The lowest BCUT2D eigenvalue weighted by Gasteiger charge is -2.19. The molecule has 0 radical (unpaired) electrons. The van der Waals surface area contributed by atoms with E-state index in [9.17, 15) is 9.59 Å². The maximum atomic E-state index is 12.5. The number of rotatable bonds is 7. The Balaban J connectivity index is 2.11. The average Bonchev–Trinajstić information content (AvgIpc) is 2.53. The van der Waals surface area contributed by atoms with Gasteiger partial charge < -0.3 is 10.4 Å². The van der Waals surface area contributed by atoms with Gasteiger partial charge in [0.1, 0.15) is 0 Å². The second kappa shape index (κ2) is 8.64. The van der Waals surface area contributed by atoms with Crippen LogP contribution in [0.1, 0.15) is 34.3 Å². The van der Waals surface area contributed by atoms with E-state index in [1.807, 2.05) is 49.4 Å². The Morgan fingerprint density at radius 1 is 1.17 bits per heavy atom. The number of benzene rings is 2. The number of aliphatic carboxylic acids is 1. The van der Waals surface area contributed by atoms with Crippen LogP contribution in [0.5, 0.6) is 0 Å². The second-order valence-corrected chi connectivity index (χ2v) is 6.63. The Kier molecular flexibility index (Phi) is 6.55. The van der Waals surface area contributed by atoms with E-state index in [0.717, 1.165) is 15.6 Å². The normalized spacial score (nSPS) is 11.8. The van der Waals surface area contributed by atoms with E-state index in [0.29, 0.717) is 18.4 Å². The van der Waals surface area contributed by atoms with Crippen LogP contribution in [0.25, 0.3) is 0 Å². The van der Waals surface area contributed by atoms with Crippen molar-refractivity contribution in [3.63, 3.8) is 0 Å². The molecule has 0 aliphatic heterocycles. The van der Waals surface area contributed by atoms with E-state index in [4.69, 9.17) is 5.11 Å². The summed E-state index contributed by atoms with van der Waals surface area (Å²) in [6.07, 6.45) is 1.01. The zero-order valence-corrected chi connectivity index (χ0v) is 15.0. The average molecular weight is 390 g/mol. The number of nitrogens with one attached hydrogen (secondary N) is 1. The SMILES string of the molecule is Cc1ccc(C(=O)NC(CCC(=O)O)Cc2ccccc2)c(Br)c1. The lowest BCUT2D eigenvalue weighted by Crippen LogP contribution is -2.37. The van der Waals surface area contributed by atoms with Gasteiger partial charge in [-0.2, -0.15) is 0 Å². The molecule has 0 aliphatic carbocycles. The minimum Gasteiger partial charge on any atom is -0.481 e. The van der Waals surface area contributed by atoms with Gasteiger partial charge in [-0.15, -0.1) is 0 Å². The molecule has 2 rings (SSSR count). The van der Waals surface area contributed by atoms with Gasteiger partial charge >= 0.3 is 5.97 Å². The van der Waals surface area contributed by atoms with E-state index in [-0.39, 0.29) is 18.4 Å². The van der Waals surface area contributed by atoms with Crippen LogP contribution in [0, 0.1) is 6.92 Å². The number of hydrogen-bond donors (Lipinski definition) is 2. The topological polar surface area (TPSA) is 66.4 Å². The molecule has 0 saturated carbocycles. The van der Waals surface area contributed by atoms with Crippen molar-refractivity contribution in [3.05, 3.63) is 69.7 Å². The van der Waals surface area contributed by atoms with Gasteiger partial charge in [0, 0.05) is 16.9 Å². The molecule has 24 heavy (non-hydrogen) atoms. The highest BCUT2D eigenvalue weighted by Crippen LogP contribution is 2.19. The van der Waals surface area contributed by atoms with Crippen LogP contribution in [-0.4, -0.2) is 23.0 Å². The predicted octanol–water partition coefficient (Wildman–Crippen LogP) is 3.96. The van der Waals surface area contributed by atoms with Crippen molar-refractivity contribution in [2.24, 2.45) is 0 Å². The van der Waals surface area contributed by atoms with Gasteiger partial charge in [-0.25, -0.2) is 0 Å². The minimum absolute atomic E-state index is 0.0207. The third kappa shape index (κ3) is 5.49. The van der Waals surface area contributed by atoms with Crippen LogP contribution in [0.2, 0.25) is 0 Å². The third-order valence-electron chi connectivity index (χ3n) is 3.74. The highest BCUT2D eigenvalue weighted by Gasteiger charge is 2.17. The zero-order valence-electron chi connectivity index (χ0n) is 13.5. The lowest BCUT2D eigenvalue weighted by atomic mass is 10.0. The Hall–Kier alpha value is -2.14. The van der Waals surface area contributed by atoms with Gasteiger partial charge in [0.25, 0.3) is 5.91 Å². The first-order valence-corrected chi connectivity index (χ1v) is 8.57. The molecule has 4 nitrogen and oxygen atoms in total. The summed E-state index contributed by atoms with van der Waals surface area (Å²) in [5.74, 6) is -1.06. The van der Waals surface area contributed by atoms with Crippen LogP contribution in [0.4, 0.5) is 0 Å². The molecule has 1 amide bonds. The minimum atomic E-state index is -0.862. The first kappa shape index (κ1) is 18.2. The monoisotopic (exact) mass is 389 g/mol. The van der Waals surface area contributed by atoms with E-state index in [1.165, 1.54) is 0 Å². The summed E-state index contributed by atoms with van der Waals surface area (Å²) < 4.78 is 0.733. The first-order valence-electron chi connectivity index (χ1n) is 7.78. The molecular formula is C19H20BrNO3. The summed E-state index contributed by atoms with van der Waals surface area (Å²) in [7, 11) is 0.